The van der Waals surface area contributed by atoms with Gasteiger partial charge < -0.3 is 22.9 Å². The number of aromatic nitrogens is 2. The maximum atomic E-state index is 13.4. The van der Waals surface area contributed by atoms with Crippen molar-refractivity contribution in [3.8, 4) is 45.8 Å². The van der Waals surface area contributed by atoms with Crippen molar-refractivity contribution in [1.82, 2.24) is 15.0 Å². The summed E-state index contributed by atoms with van der Waals surface area (Å²) in [5.41, 5.74) is 7.14. The molecule has 0 aliphatic carbocycles. The Bertz CT molecular complexity index is 2260. The lowest BCUT2D eigenvalue weighted by Crippen LogP contribution is -2.35. The highest BCUT2D eigenvalue weighted by atomic mass is 127. The van der Waals surface area contributed by atoms with Crippen LogP contribution >= 0.6 is 23.0 Å². The summed E-state index contributed by atoms with van der Waals surface area (Å²) >= 11 is 1.72. The lowest BCUT2D eigenvalue weighted by molar-refractivity contribution is -0.137. The van der Waals surface area contributed by atoms with Gasteiger partial charge in [-0.2, -0.15) is 10.2 Å². The van der Waals surface area contributed by atoms with Crippen LogP contribution in [0.4, 0.5) is 5.69 Å². The van der Waals surface area contributed by atoms with Crippen LogP contribution in [0.2, 0.25) is 0 Å². The fraction of sp³-hybridized carbons (Fsp3) is 0.100. The number of hydrogen-bond donors (Lipinski definition) is 2. The van der Waals surface area contributed by atoms with Crippen molar-refractivity contribution in [1.29, 1.82) is 5.26 Å². The van der Waals surface area contributed by atoms with Gasteiger partial charge in [0.25, 0.3) is 11.8 Å². The van der Waals surface area contributed by atoms with Gasteiger partial charge in [0.2, 0.25) is 11.7 Å². The predicted octanol–water partition coefficient (Wildman–Crippen LogP) is 7.89. The molecular formula is C40H30IN5O6. The van der Waals surface area contributed by atoms with Crippen LogP contribution in [0.25, 0.3) is 34.0 Å². The molecule has 0 fully saturated rings. The molecule has 0 aliphatic rings. The van der Waals surface area contributed by atoms with Crippen molar-refractivity contribution >= 4 is 46.5 Å². The molecule has 6 aromatic rings. The van der Waals surface area contributed by atoms with Crippen molar-refractivity contribution in [2.45, 2.75) is 19.9 Å². The van der Waals surface area contributed by atoms with Crippen LogP contribution in [0.1, 0.15) is 32.6 Å². The van der Waals surface area contributed by atoms with Crippen molar-refractivity contribution < 1.29 is 27.1 Å². The molecule has 1 heterocycles. The summed E-state index contributed by atoms with van der Waals surface area (Å²) in [5, 5.41) is 25.9. The van der Waals surface area contributed by atoms with Gasteiger partial charge in [-0.1, -0.05) is 77.5 Å². The quantitative estimate of drug-likeness (QED) is 0.117. The summed E-state index contributed by atoms with van der Waals surface area (Å²) in [6, 6.07) is 36.5. The molecule has 2 N–H and O–H groups in total. The second kappa shape index (κ2) is 16.1. The Morgan fingerprint density at radius 1 is 0.865 bits per heavy atom. The van der Waals surface area contributed by atoms with Gasteiger partial charge in [0.15, 0.2) is 23.0 Å². The number of carbonyl (C=O) groups is 3. The summed E-state index contributed by atoms with van der Waals surface area (Å²) in [6.45, 7) is 1.58. The minimum absolute atomic E-state index is 0.0348. The number of halogens is 1. The summed E-state index contributed by atoms with van der Waals surface area (Å²) in [4.78, 5) is 43.6. The molecule has 0 unspecified atom stereocenters. The van der Waals surface area contributed by atoms with E-state index in [0.717, 1.165) is 16.7 Å². The van der Waals surface area contributed by atoms with Crippen molar-refractivity contribution in [3.05, 3.63) is 143 Å². The maximum Gasteiger partial charge on any atom is 0.323 e. The second-order valence-corrected chi connectivity index (χ2v) is 12.4. The number of hydrogen-bond acceptors (Lipinski definition) is 8. The Hall–Kier alpha value is -6.33. The smallest absolute Gasteiger partial charge is 0.323 e. The van der Waals surface area contributed by atoms with E-state index in [1.165, 1.54) is 22.6 Å². The minimum atomic E-state index is -1.16. The first-order valence-corrected chi connectivity index (χ1v) is 16.9. The van der Waals surface area contributed by atoms with Gasteiger partial charge in [-0.15, -0.1) is 0 Å². The van der Waals surface area contributed by atoms with Crippen LogP contribution in [0.15, 0.2) is 120 Å². The Labute approximate surface area is 313 Å². The van der Waals surface area contributed by atoms with Crippen LogP contribution in [0.3, 0.4) is 0 Å². The topological polar surface area (TPSA) is 159 Å². The third-order valence-electron chi connectivity index (χ3n) is 8.20. The molecule has 2 amide bonds. The van der Waals surface area contributed by atoms with Gasteiger partial charge >= 0.3 is 5.97 Å². The molecule has 11 nitrogen and oxygen atoms in total. The molecule has 52 heavy (non-hydrogen) atoms. The Kier molecular flexibility index (Phi) is 11.0. The van der Waals surface area contributed by atoms with E-state index in [1.54, 1.807) is 77.6 Å². The molecule has 0 atom stereocenters. The number of rotatable bonds is 12. The zero-order chi connectivity index (χ0) is 36.6. The van der Waals surface area contributed by atoms with Crippen molar-refractivity contribution in [2.75, 3.05) is 11.9 Å². The van der Waals surface area contributed by atoms with E-state index in [2.05, 4.69) is 52.7 Å². The number of nitriles is 1. The van der Waals surface area contributed by atoms with E-state index in [-0.39, 0.29) is 24.4 Å². The molecule has 0 saturated carbocycles. The molecule has 0 aliphatic heterocycles. The third-order valence-corrected chi connectivity index (χ3v) is 8.71. The number of carbonyl (C=O) groups excluding carboxylic acids is 2. The lowest BCUT2D eigenvalue weighted by atomic mass is 10.0. The molecule has 258 valence electrons. The zero-order valence-corrected chi connectivity index (χ0v) is 29.9. The number of aliphatic carboxylic acids is 1. The molecule has 0 radical (unpaired) electrons. The number of benzene rings is 5. The SMILES string of the molecule is Cc1ccc(-c2ccc(-c3nc(-c4ccc(CN(CC(=O)O)C(=O)c5ccc(NC(=O)Cc6ccc(OI)cc6C#N)cc5)cc4)no3)cc2)cc1. The van der Waals surface area contributed by atoms with E-state index in [1.807, 2.05) is 24.3 Å². The van der Waals surface area contributed by atoms with Crippen LogP contribution in [-0.2, 0) is 22.6 Å². The lowest BCUT2D eigenvalue weighted by Gasteiger charge is -2.21. The molecule has 0 bridgehead atoms. The number of carboxylic acids is 1. The number of aryl methyl sites for hydroxylation is 1. The monoisotopic (exact) mass is 803 g/mol. The van der Waals surface area contributed by atoms with Crippen molar-refractivity contribution in [2.24, 2.45) is 0 Å². The van der Waals surface area contributed by atoms with Gasteiger partial charge in [-0.25, -0.2) is 0 Å². The number of nitrogens with one attached hydrogen (secondary N) is 1. The largest absolute Gasteiger partial charge is 0.480 e. The van der Waals surface area contributed by atoms with Crippen LogP contribution < -0.4 is 8.38 Å². The van der Waals surface area contributed by atoms with Crippen molar-refractivity contribution in [3.63, 3.8) is 0 Å². The Morgan fingerprint density at radius 3 is 2.13 bits per heavy atom. The Morgan fingerprint density at radius 2 is 1.50 bits per heavy atom. The maximum absolute atomic E-state index is 13.4. The number of carboxylic acid groups (broad SMARTS) is 1. The first-order chi connectivity index (χ1) is 25.2. The summed E-state index contributed by atoms with van der Waals surface area (Å²) < 4.78 is 10.7. The first kappa shape index (κ1) is 35.5. The van der Waals surface area contributed by atoms with Crippen LogP contribution in [0.5, 0.6) is 5.75 Å². The highest BCUT2D eigenvalue weighted by molar-refractivity contribution is 14.1. The number of amides is 2. The highest BCUT2D eigenvalue weighted by Gasteiger charge is 2.20. The average molecular weight is 804 g/mol. The van der Waals surface area contributed by atoms with E-state index in [4.69, 9.17) is 7.59 Å². The normalized spacial score (nSPS) is 10.6. The van der Waals surface area contributed by atoms with Gasteiger partial charge in [0.05, 0.1) is 18.1 Å². The van der Waals surface area contributed by atoms with Crippen LogP contribution in [0, 0.1) is 18.3 Å². The standard InChI is InChI=1S/C40H30IN5O6/c1-25-2-6-27(7-3-25)28-10-12-30(13-11-28)39-44-38(45-52-39)29-8-4-26(5-9-29)23-46(24-37(48)49)40(50)31-14-17-34(18-15-31)43-36(47)21-32-16-19-35(51-41)20-33(32)22-42/h2-20H,21,23-24H2,1H3,(H,43,47)(H,48,49). The molecule has 5 aromatic carbocycles. The van der Waals surface area contributed by atoms with Gasteiger partial charge in [0, 0.05) is 28.9 Å². The average Bonchev–Trinajstić information content (AvgIpc) is 3.66. The third kappa shape index (κ3) is 8.69. The molecule has 0 saturated heterocycles. The number of anilines is 1. The summed E-state index contributed by atoms with van der Waals surface area (Å²) in [6.07, 6.45) is -0.0348. The number of nitrogens with zero attached hydrogens (tertiary/aromatic N) is 4. The predicted molar refractivity (Wildman–Crippen MR) is 202 cm³/mol. The summed E-state index contributed by atoms with van der Waals surface area (Å²) in [7, 11) is 0. The highest BCUT2D eigenvalue weighted by Crippen LogP contribution is 2.27. The van der Waals surface area contributed by atoms with Gasteiger partial charge in [-0.05, 0) is 77.7 Å². The van der Waals surface area contributed by atoms with Gasteiger partial charge in [0.1, 0.15) is 12.3 Å². The Balaban J connectivity index is 1.08. The fourth-order valence-electron chi connectivity index (χ4n) is 5.47. The van der Waals surface area contributed by atoms with E-state index in [9.17, 15) is 24.8 Å². The molecule has 12 heteroatoms. The zero-order valence-electron chi connectivity index (χ0n) is 27.7. The second-order valence-electron chi connectivity index (χ2n) is 11.9. The minimum Gasteiger partial charge on any atom is -0.480 e. The molecule has 6 rings (SSSR count). The molecule has 0 spiro atoms. The van der Waals surface area contributed by atoms with E-state index in [0.29, 0.717) is 45.4 Å². The fourth-order valence-corrected chi connectivity index (χ4v) is 5.74. The van der Waals surface area contributed by atoms with E-state index < -0.39 is 18.4 Å². The summed E-state index contributed by atoms with van der Waals surface area (Å²) in [5.74, 6) is -0.719. The van der Waals surface area contributed by atoms with E-state index >= 15 is 0 Å². The first-order valence-electron chi connectivity index (χ1n) is 16.0. The van der Waals surface area contributed by atoms with Gasteiger partial charge in [-0.3, -0.25) is 14.4 Å². The molecule has 1 aromatic heterocycles. The molecular weight excluding hydrogens is 773 g/mol. The van der Waals surface area contributed by atoms with Crippen LogP contribution in [-0.4, -0.2) is 44.5 Å².